The summed E-state index contributed by atoms with van der Waals surface area (Å²) in [5, 5.41) is 23.7. The smallest absolute Gasteiger partial charge is 0.266 e. The minimum Gasteiger partial charge on any atom is -0.392 e. The van der Waals surface area contributed by atoms with Crippen molar-refractivity contribution in [2.45, 2.75) is 71.8 Å². The molecule has 0 fully saturated rings. The Balaban J connectivity index is 1.67. The average Bonchev–Trinajstić information content (AvgIpc) is 3.11. The van der Waals surface area contributed by atoms with E-state index in [1.54, 1.807) is 18.2 Å². The Kier molecular flexibility index (Phi) is 7.12. The van der Waals surface area contributed by atoms with Crippen molar-refractivity contribution in [1.82, 2.24) is 5.32 Å². The van der Waals surface area contributed by atoms with Crippen LogP contribution in [0.25, 0.3) is 11.1 Å². The lowest BCUT2D eigenvalue weighted by molar-refractivity contribution is 0.0925. The number of aliphatic hydroxyl groups is 2. The summed E-state index contributed by atoms with van der Waals surface area (Å²) in [6.07, 6.45) is 0.00257. The number of benzene rings is 3. The van der Waals surface area contributed by atoms with Gasteiger partial charge in [-0.25, -0.2) is 4.90 Å². The van der Waals surface area contributed by atoms with Crippen LogP contribution in [0.15, 0.2) is 60.7 Å². The molecule has 1 aliphatic rings. The molecule has 0 radical (unpaired) electrons. The second-order valence-corrected chi connectivity index (χ2v) is 11.4. The van der Waals surface area contributed by atoms with Crippen molar-refractivity contribution in [2.24, 2.45) is 0 Å². The first-order valence-electron chi connectivity index (χ1n) is 12.7. The Morgan fingerprint density at radius 3 is 2.03 bits per heavy atom. The third-order valence-corrected chi connectivity index (χ3v) is 7.19. The van der Waals surface area contributed by atoms with Crippen LogP contribution in [0.4, 0.5) is 5.69 Å². The minimum absolute atomic E-state index is 0.00975. The predicted octanol–water partition coefficient (Wildman–Crippen LogP) is 5.71. The van der Waals surface area contributed by atoms with Crippen LogP contribution in [0.2, 0.25) is 0 Å². The highest BCUT2D eigenvalue weighted by atomic mass is 16.3. The fourth-order valence-electron chi connectivity index (χ4n) is 4.58. The zero-order chi connectivity index (χ0) is 27.1. The molecule has 0 aromatic heterocycles. The molecule has 0 bridgehead atoms. The van der Waals surface area contributed by atoms with Gasteiger partial charge in [0.05, 0.1) is 23.4 Å². The van der Waals surface area contributed by atoms with Crippen LogP contribution in [0.1, 0.15) is 91.6 Å². The predicted molar refractivity (Wildman–Crippen MR) is 147 cm³/mol. The van der Waals surface area contributed by atoms with Crippen LogP contribution in [-0.2, 0) is 12.0 Å². The Morgan fingerprint density at radius 1 is 0.838 bits per heavy atom. The number of carbonyl (C=O) groups excluding carboxylic acids is 2. The van der Waals surface area contributed by atoms with Gasteiger partial charge in [-0.05, 0) is 85.2 Å². The van der Waals surface area contributed by atoms with Gasteiger partial charge < -0.3 is 10.2 Å². The van der Waals surface area contributed by atoms with Gasteiger partial charge in [-0.2, -0.15) is 0 Å². The lowest BCUT2D eigenvalue weighted by Gasteiger charge is -2.26. The van der Waals surface area contributed by atoms with Gasteiger partial charge in [0, 0.05) is 11.1 Å². The zero-order valence-electron chi connectivity index (χ0n) is 22.4. The highest BCUT2D eigenvalue weighted by Gasteiger charge is 2.37. The number of nitrogens with one attached hydrogen (secondary N) is 1. The lowest BCUT2D eigenvalue weighted by Crippen LogP contribution is -2.39. The molecule has 0 saturated heterocycles. The zero-order valence-corrected chi connectivity index (χ0v) is 22.4. The maximum atomic E-state index is 13.4. The Labute approximate surface area is 219 Å². The number of fused-ring (bicyclic) bond motifs is 1. The van der Waals surface area contributed by atoms with Crippen LogP contribution in [0.5, 0.6) is 0 Å². The van der Waals surface area contributed by atoms with E-state index in [4.69, 9.17) is 0 Å². The number of hydrogen-bond acceptors (Lipinski definition) is 5. The molecule has 3 N–H and O–H groups in total. The summed E-state index contributed by atoms with van der Waals surface area (Å²) in [7, 11) is 0. The number of aliphatic hydroxyl groups excluding tert-OH is 2. The van der Waals surface area contributed by atoms with Gasteiger partial charge in [-0.1, -0.05) is 51.1 Å². The molecule has 1 atom stereocenters. The molecule has 3 aromatic carbocycles. The van der Waals surface area contributed by atoms with Gasteiger partial charge in [-0.3, -0.25) is 14.9 Å². The number of amides is 2. The second-order valence-electron chi connectivity index (χ2n) is 11.4. The van der Waals surface area contributed by atoms with Gasteiger partial charge in [0.25, 0.3) is 11.8 Å². The normalized spacial score (nSPS) is 14.8. The van der Waals surface area contributed by atoms with Crippen LogP contribution < -0.4 is 10.2 Å². The minimum atomic E-state index is -0.976. The molecule has 1 aliphatic heterocycles. The molecule has 0 aliphatic carbocycles. The number of hydrogen-bond donors (Lipinski definition) is 3. The van der Waals surface area contributed by atoms with Gasteiger partial charge in [0.2, 0.25) is 0 Å². The number of nitrogens with zero attached hydrogens (tertiary/aromatic N) is 1. The number of carbonyl (C=O) groups is 2. The second kappa shape index (κ2) is 9.86. The summed E-state index contributed by atoms with van der Waals surface area (Å²) < 4.78 is 0. The Bertz CT molecular complexity index is 1340. The van der Waals surface area contributed by atoms with Gasteiger partial charge >= 0.3 is 0 Å². The molecule has 6 nitrogen and oxygen atoms in total. The standard InChI is InChI=1S/C31H36N2O4/c1-7-31(5,6)22-11-13-23(14-12-22)33-28(36)24-15-10-20(17-26(24)29(33)37)19-8-9-21(18-34)25(16-19)27(35)32-30(2,3)4/h8-17,27,32,34-35H,7,18H2,1-6H3. The van der Waals surface area contributed by atoms with Crippen molar-refractivity contribution < 1.29 is 19.8 Å². The summed E-state index contributed by atoms with van der Waals surface area (Å²) >= 11 is 0. The van der Waals surface area contributed by atoms with Gasteiger partial charge in [0.15, 0.2) is 0 Å². The van der Waals surface area contributed by atoms with Crippen molar-refractivity contribution in [1.29, 1.82) is 0 Å². The molecule has 6 heteroatoms. The first kappa shape index (κ1) is 26.7. The molecule has 2 amide bonds. The average molecular weight is 501 g/mol. The SMILES string of the molecule is CCC(C)(C)c1ccc(N2C(=O)c3ccc(-c4ccc(CO)c(C(O)NC(C)(C)C)c4)cc3C2=O)cc1. The molecule has 4 rings (SSSR count). The van der Waals surface area contributed by atoms with Crippen LogP contribution in [0, 0.1) is 0 Å². The molecule has 1 heterocycles. The van der Waals surface area contributed by atoms with Crippen LogP contribution >= 0.6 is 0 Å². The molecule has 194 valence electrons. The first-order chi connectivity index (χ1) is 17.4. The highest BCUT2D eigenvalue weighted by molar-refractivity contribution is 6.34. The molecule has 0 saturated carbocycles. The van der Waals surface area contributed by atoms with Crippen molar-refractivity contribution >= 4 is 17.5 Å². The van der Waals surface area contributed by atoms with E-state index in [1.807, 2.05) is 63.2 Å². The van der Waals surface area contributed by atoms with E-state index in [1.165, 1.54) is 4.90 Å². The molecule has 1 unspecified atom stereocenters. The van der Waals surface area contributed by atoms with Crippen molar-refractivity contribution in [3.8, 4) is 11.1 Å². The summed E-state index contributed by atoms with van der Waals surface area (Å²) in [5.74, 6) is -0.693. The molecule has 3 aromatic rings. The molecule has 0 spiro atoms. The van der Waals surface area contributed by atoms with Crippen LogP contribution in [0.3, 0.4) is 0 Å². The number of anilines is 1. The fraction of sp³-hybridized carbons (Fsp3) is 0.355. The third-order valence-electron chi connectivity index (χ3n) is 7.19. The highest BCUT2D eigenvalue weighted by Crippen LogP contribution is 2.35. The van der Waals surface area contributed by atoms with Gasteiger partial charge in [0.1, 0.15) is 6.23 Å². The van der Waals surface area contributed by atoms with E-state index in [2.05, 4.69) is 26.1 Å². The quantitative estimate of drug-likeness (QED) is 0.285. The van der Waals surface area contributed by atoms with Crippen molar-refractivity contribution in [2.75, 3.05) is 4.90 Å². The van der Waals surface area contributed by atoms with E-state index >= 15 is 0 Å². The molecular formula is C31H36N2O4. The third kappa shape index (κ3) is 5.23. The summed E-state index contributed by atoms with van der Waals surface area (Å²) in [6, 6.07) is 18.3. The largest absolute Gasteiger partial charge is 0.392 e. The maximum absolute atomic E-state index is 13.4. The molecular weight excluding hydrogens is 464 g/mol. The van der Waals surface area contributed by atoms with Gasteiger partial charge in [-0.15, -0.1) is 0 Å². The lowest BCUT2D eigenvalue weighted by atomic mass is 9.82. The summed E-state index contributed by atoms with van der Waals surface area (Å²) in [5.41, 5.74) is 4.79. The van der Waals surface area contributed by atoms with E-state index in [9.17, 15) is 19.8 Å². The van der Waals surface area contributed by atoms with Crippen molar-refractivity contribution in [3.63, 3.8) is 0 Å². The number of rotatable bonds is 7. The van der Waals surface area contributed by atoms with E-state index in [0.29, 0.717) is 27.9 Å². The van der Waals surface area contributed by atoms with Crippen molar-refractivity contribution in [3.05, 3.63) is 88.5 Å². The fourth-order valence-corrected chi connectivity index (χ4v) is 4.58. The summed E-state index contributed by atoms with van der Waals surface area (Å²) in [4.78, 5) is 27.8. The Hall–Kier alpha value is -3.32. The topological polar surface area (TPSA) is 89.9 Å². The summed E-state index contributed by atoms with van der Waals surface area (Å²) in [6.45, 7) is 12.1. The van der Waals surface area contributed by atoms with Crippen LogP contribution in [-0.4, -0.2) is 27.6 Å². The van der Waals surface area contributed by atoms with E-state index in [0.717, 1.165) is 23.1 Å². The monoisotopic (exact) mass is 500 g/mol. The van der Waals surface area contributed by atoms with E-state index in [-0.39, 0.29) is 29.4 Å². The first-order valence-corrected chi connectivity index (χ1v) is 12.7. The molecule has 37 heavy (non-hydrogen) atoms. The maximum Gasteiger partial charge on any atom is 0.266 e. The Morgan fingerprint density at radius 2 is 1.43 bits per heavy atom. The van der Waals surface area contributed by atoms with E-state index < -0.39 is 6.23 Å². The number of imide groups is 1.